The lowest BCUT2D eigenvalue weighted by Crippen LogP contribution is -2.44. The summed E-state index contributed by atoms with van der Waals surface area (Å²) < 4.78 is 0. The molecule has 2 aromatic rings. The number of hydrogen-bond donors (Lipinski definition) is 0. The maximum absolute atomic E-state index is 13.5. The minimum Gasteiger partial charge on any atom is -0.274 e. The second-order valence-corrected chi connectivity index (χ2v) is 7.81. The molecule has 2 amide bonds. The van der Waals surface area contributed by atoms with Crippen LogP contribution in [0.25, 0.3) is 0 Å². The number of benzene rings is 2. The van der Waals surface area contributed by atoms with Gasteiger partial charge in [-0.25, -0.2) is 14.9 Å². The molecule has 0 bridgehead atoms. The van der Waals surface area contributed by atoms with Crippen molar-refractivity contribution in [3.63, 3.8) is 0 Å². The molecule has 5 heteroatoms. The normalized spacial score (nSPS) is 28.1. The van der Waals surface area contributed by atoms with Crippen molar-refractivity contribution in [2.24, 2.45) is 5.92 Å². The first-order chi connectivity index (χ1) is 13.1. The molecule has 3 fully saturated rings. The number of amides is 2. The highest BCUT2D eigenvalue weighted by molar-refractivity contribution is 6.24. The molecule has 2 aromatic carbocycles. The number of anilines is 1. The summed E-state index contributed by atoms with van der Waals surface area (Å²) in [5, 5.41) is 4.39. The second kappa shape index (κ2) is 6.01. The zero-order chi connectivity index (χ0) is 18.7. The smallest absolute Gasteiger partial charge is 0.253 e. The monoisotopic (exact) mass is 361 g/mol. The molecule has 0 N–H and O–H groups in total. The lowest BCUT2D eigenvalue weighted by molar-refractivity contribution is -0.126. The highest BCUT2D eigenvalue weighted by Gasteiger charge is 2.62. The Morgan fingerprint density at radius 3 is 2.26 bits per heavy atom. The van der Waals surface area contributed by atoms with E-state index >= 15 is 0 Å². The number of aryl methyl sites for hydroxylation is 2. The Morgan fingerprint density at radius 2 is 1.56 bits per heavy atom. The number of hydrogen-bond acceptors (Lipinski definition) is 4. The summed E-state index contributed by atoms with van der Waals surface area (Å²) in [5.74, 6) is -0.497. The topological polar surface area (TPSA) is 43.9 Å². The van der Waals surface area contributed by atoms with Crippen LogP contribution in [0, 0.1) is 19.8 Å². The molecule has 138 valence electrons. The van der Waals surface area contributed by atoms with Gasteiger partial charge in [-0.1, -0.05) is 48.0 Å². The van der Waals surface area contributed by atoms with Gasteiger partial charge in [0.15, 0.2) is 0 Å². The zero-order valence-corrected chi connectivity index (χ0v) is 15.6. The molecule has 0 saturated carbocycles. The molecular formula is C22H23N3O2. The minimum absolute atomic E-state index is 0.0640. The molecule has 5 nitrogen and oxygen atoms in total. The van der Waals surface area contributed by atoms with E-state index in [1.165, 1.54) is 4.90 Å². The van der Waals surface area contributed by atoms with Crippen LogP contribution in [0.15, 0.2) is 48.5 Å². The average Bonchev–Trinajstić information content (AvgIpc) is 3.29. The predicted molar refractivity (Wildman–Crippen MR) is 103 cm³/mol. The van der Waals surface area contributed by atoms with Crippen molar-refractivity contribution in [2.45, 2.75) is 32.4 Å². The number of rotatable bonds is 2. The van der Waals surface area contributed by atoms with Gasteiger partial charge >= 0.3 is 0 Å². The lowest BCUT2D eigenvalue weighted by Gasteiger charge is -2.30. The third-order valence-corrected chi connectivity index (χ3v) is 6.14. The van der Waals surface area contributed by atoms with E-state index in [1.54, 1.807) is 0 Å². The Bertz CT molecular complexity index is 926. The van der Waals surface area contributed by atoms with Crippen molar-refractivity contribution in [1.82, 2.24) is 10.0 Å². The fraction of sp³-hybridized carbons (Fsp3) is 0.364. The van der Waals surface area contributed by atoms with E-state index in [0.717, 1.165) is 41.9 Å². The molecule has 0 unspecified atom stereocenters. The quantitative estimate of drug-likeness (QED) is 0.772. The number of fused-ring (bicyclic) bond motifs is 3. The van der Waals surface area contributed by atoms with Gasteiger partial charge in [0.2, 0.25) is 5.91 Å². The van der Waals surface area contributed by atoms with Gasteiger partial charge in [-0.3, -0.25) is 9.59 Å². The summed E-state index contributed by atoms with van der Waals surface area (Å²) in [7, 11) is 0. The number of carbonyl (C=O) groups is 2. The summed E-state index contributed by atoms with van der Waals surface area (Å²) in [6, 6.07) is 15.6. The Labute approximate surface area is 159 Å². The van der Waals surface area contributed by atoms with Gasteiger partial charge in [0.25, 0.3) is 5.91 Å². The molecule has 3 aliphatic heterocycles. The first kappa shape index (κ1) is 16.7. The molecule has 5 rings (SSSR count). The molecule has 3 heterocycles. The zero-order valence-electron chi connectivity index (χ0n) is 15.6. The molecule has 27 heavy (non-hydrogen) atoms. The molecule has 0 aliphatic carbocycles. The highest BCUT2D eigenvalue weighted by Crippen LogP contribution is 2.49. The van der Waals surface area contributed by atoms with E-state index in [9.17, 15) is 9.59 Å². The fourth-order valence-corrected chi connectivity index (χ4v) is 5.06. The van der Waals surface area contributed by atoms with Gasteiger partial charge in [-0.15, -0.1) is 0 Å². The molecule has 3 aliphatic rings. The average molecular weight is 361 g/mol. The number of carbonyl (C=O) groups excluding carboxylic acids is 2. The number of imide groups is 1. The first-order valence-electron chi connectivity index (χ1n) is 9.61. The van der Waals surface area contributed by atoms with Crippen LogP contribution in [-0.2, 0) is 9.59 Å². The summed E-state index contributed by atoms with van der Waals surface area (Å²) in [6.07, 6.45) is 1.03. The molecule has 0 radical (unpaired) electrons. The van der Waals surface area contributed by atoms with Gasteiger partial charge in [-0.2, -0.15) is 0 Å². The van der Waals surface area contributed by atoms with Crippen molar-refractivity contribution < 1.29 is 9.59 Å². The van der Waals surface area contributed by atoms with Crippen molar-refractivity contribution in [2.75, 3.05) is 18.0 Å². The molecule has 0 aromatic heterocycles. The van der Waals surface area contributed by atoms with E-state index in [1.807, 2.05) is 50.2 Å². The van der Waals surface area contributed by atoms with Crippen LogP contribution >= 0.6 is 0 Å². The van der Waals surface area contributed by atoms with Gasteiger partial charge in [0.05, 0.1) is 17.6 Å². The fourth-order valence-electron chi connectivity index (χ4n) is 5.06. The van der Waals surface area contributed by atoms with Crippen LogP contribution in [0.3, 0.4) is 0 Å². The summed E-state index contributed by atoms with van der Waals surface area (Å²) in [4.78, 5) is 28.3. The van der Waals surface area contributed by atoms with Crippen LogP contribution in [0.2, 0.25) is 0 Å². The summed E-state index contributed by atoms with van der Waals surface area (Å²) in [5.41, 5.74) is 3.93. The van der Waals surface area contributed by atoms with Crippen LogP contribution < -0.4 is 4.90 Å². The Morgan fingerprint density at radius 1 is 0.852 bits per heavy atom. The van der Waals surface area contributed by atoms with Gasteiger partial charge in [0.1, 0.15) is 6.04 Å². The van der Waals surface area contributed by atoms with E-state index in [2.05, 4.69) is 22.2 Å². The van der Waals surface area contributed by atoms with Gasteiger partial charge < -0.3 is 0 Å². The van der Waals surface area contributed by atoms with Crippen molar-refractivity contribution in [3.8, 4) is 0 Å². The Hall–Kier alpha value is -2.50. The Balaban J connectivity index is 1.60. The third-order valence-electron chi connectivity index (χ3n) is 6.14. The van der Waals surface area contributed by atoms with E-state index in [4.69, 9.17) is 0 Å². The van der Waals surface area contributed by atoms with E-state index in [0.29, 0.717) is 0 Å². The number of nitrogens with zero attached hydrogens (tertiary/aromatic N) is 3. The Kier molecular flexibility index (Phi) is 3.71. The maximum atomic E-state index is 13.5. The van der Waals surface area contributed by atoms with Crippen LogP contribution in [0.4, 0.5) is 5.69 Å². The van der Waals surface area contributed by atoms with Crippen LogP contribution in [-0.4, -0.2) is 41.0 Å². The molecule has 0 spiro atoms. The van der Waals surface area contributed by atoms with Crippen LogP contribution in [0.1, 0.15) is 29.2 Å². The van der Waals surface area contributed by atoms with Gasteiger partial charge in [0, 0.05) is 13.1 Å². The minimum atomic E-state index is -0.383. The van der Waals surface area contributed by atoms with Gasteiger partial charge in [-0.05, 0) is 37.5 Å². The maximum Gasteiger partial charge on any atom is 0.253 e. The molecular weight excluding hydrogens is 338 g/mol. The van der Waals surface area contributed by atoms with Crippen molar-refractivity contribution >= 4 is 17.5 Å². The first-order valence-corrected chi connectivity index (χ1v) is 9.61. The van der Waals surface area contributed by atoms with Crippen LogP contribution in [0.5, 0.6) is 0 Å². The highest BCUT2D eigenvalue weighted by atomic mass is 16.2. The largest absolute Gasteiger partial charge is 0.274 e. The lowest BCUT2D eigenvalue weighted by atomic mass is 9.90. The third kappa shape index (κ3) is 2.32. The molecule has 3 saturated heterocycles. The molecule has 3 atom stereocenters. The standard InChI is InChI=1S/C22H23N3O2/c1-14-9-10-17(15(2)13-14)25-21(26)18-19(16-7-4-3-5-8-16)23-11-6-12-24(23)20(18)22(25)27/h3-5,7-10,13,18-20H,6,11-12H2,1-2H3/t18-,19+,20+/m1/s1. The van der Waals surface area contributed by atoms with Crippen molar-refractivity contribution in [3.05, 3.63) is 65.2 Å². The second-order valence-electron chi connectivity index (χ2n) is 7.81. The predicted octanol–water partition coefficient (Wildman–Crippen LogP) is 2.84. The van der Waals surface area contributed by atoms with Crippen molar-refractivity contribution in [1.29, 1.82) is 0 Å². The summed E-state index contributed by atoms with van der Waals surface area (Å²) >= 11 is 0. The SMILES string of the molecule is Cc1ccc(N2C(=O)[C@H]3[C@@H](C2=O)N2CCCN2[C@H]3c2ccccc2)c(C)c1. The number of hydrazine groups is 1. The summed E-state index contributed by atoms with van der Waals surface area (Å²) in [6.45, 7) is 5.72. The van der Waals surface area contributed by atoms with E-state index in [-0.39, 0.29) is 29.8 Å². The van der Waals surface area contributed by atoms with E-state index < -0.39 is 0 Å².